The minimum absolute atomic E-state index is 0.0299. The van der Waals surface area contributed by atoms with Crippen molar-refractivity contribution in [2.24, 2.45) is 5.73 Å². The van der Waals surface area contributed by atoms with Crippen LogP contribution < -0.4 is 21.7 Å². The molecule has 0 radical (unpaired) electrons. The van der Waals surface area contributed by atoms with Crippen molar-refractivity contribution in [3.05, 3.63) is 65.9 Å². The first-order valence-electron chi connectivity index (χ1n) is 11.9. The number of aliphatic hydroxyl groups excluding tert-OH is 1. The molecule has 4 atom stereocenters. The van der Waals surface area contributed by atoms with Crippen LogP contribution in [-0.2, 0) is 32.0 Å². The summed E-state index contributed by atoms with van der Waals surface area (Å²) in [6, 6.07) is 9.96. The lowest BCUT2D eigenvalue weighted by Crippen LogP contribution is -2.55. The molecule has 12 nitrogen and oxygen atoms in total. The van der Waals surface area contributed by atoms with Crippen LogP contribution in [0.1, 0.15) is 18.1 Å². The quantitative estimate of drug-likeness (QED) is 0.155. The average Bonchev–Trinajstić information content (AvgIpc) is 3.28. The number of benzene rings is 2. The molecule has 0 aliphatic rings. The molecule has 9 N–H and O–H groups in total. The van der Waals surface area contributed by atoms with Crippen LogP contribution in [0.15, 0.2) is 54.7 Å². The fourth-order valence-corrected chi connectivity index (χ4v) is 3.89. The molecule has 0 aliphatic carbocycles. The molecule has 3 rings (SSSR count). The molecular formula is C26H31N5O7. The topological polar surface area (TPSA) is 207 Å². The van der Waals surface area contributed by atoms with Crippen molar-refractivity contribution in [3.8, 4) is 5.75 Å². The maximum atomic E-state index is 13.0. The number of aromatic nitrogens is 1. The zero-order chi connectivity index (χ0) is 27.8. The van der Waals surface area contributed by atoms with E-state index >= 15 is 0 Å². The average molecular weight is 526 g/mol. The summed E-state index contributed by atoms with van der Waals surface area (Å²) in [7, 11) is 0. The first-order valence-corrected chi connectivity index (χ1v) is 11.9. The third-order valence-electron chi connectivity index (χ3n) is 5.95. The van der Waals surface area contributed by atoms with Gasteiger partial charge in [-0.05, 0) is 42.7 Å². The first-order chi connectivity index (χ1) is 18.0. The van der Waals surface area contributed by atoms with E-state index in [1.54, 1.807) is 18.3 Å². The summed E-state index contributed by atoms with van der Waals surface area (Å²) in [6.45, 7) is 0.624. The highest BCUT2D eigenvalue weighted by Gasteiger charge is 2.27. The van der Waals surface area contributed by atoms with Crippen LogP contribution in [-0.4, -0.2) is 74.8 Å². The highest BCUT2D eigenvalue weighted by atomic mass is 16.4. The third kappa shape index (κ3) is 7.54. The number of fused-ring (bicyclic) bond motifs is 1. The van der Waals surface area contributed by atoms with E-state index in [4.69, 9.17) is 10.8 Å². The smallest absolute Gasteiger partial charge is 0.328 e. The molecule has 3 amide bonds. The predicted octanol–water partition coefficient (Wildman–Crippen LogP) is -0.463. The standard InChI is InChI=1S/C26H31N5O7/c1-14(32)23(26(37)38)31-22(34)13-29-25(36)21(10-15-6-8-17(33)9-7-15)30-24(35)19(27)11-16-12-28-20-5-3-2-4-18(16)20/h2-9,12,14,19,21,23,28,32-33H,10-11,13,27H2,1H3,(H,29,36)(H,30,35)(H,31,34)(H,37,38). The van der Waals surface area contributed by atoms with Gasteiger partial charge in [0.25, 0.3) is 0 Å². The first kappa shape index (κ1) is 28.2. The molecule has 202 valence electrons. The van der Waals surface area contributed by atoms with E-state index in [1.165, 1.54) is 19.1 Å². The molecule has 12 heteroatoms. The predicted molar refractivity (Wildman–Crippen MR) is 138 cm³/mol. The number of H-pyrrole nitrogens is 1. The maximum absolute atomic E-state index is 13.0. The van der Waals surface area contributed by atoms with E-state index in [9.17, 15) is 29.4 Å². The van der Waals surface area contributed by atoms with Gasteiger partial charge in [0.05, 0.1) is 18.7 Å². The lowest BCUT2D eigenvalue weighted by Gasteiger charge is -2.21. The van der Waals surface area contributed by atoms with Gasteiger partial charge in [-0.2, -0.15) is 0 Å². The van der Waals surface area contributed by atoms with Crippen molar-refractivity contribution >= 4 is 34.6 Å². The Balaban J connectivity index is 1.67. The van der Waals surface area contributed by atoms with Crippen molar-refractivity contribution in [2.75, 3.05) is 6.54 Å². The van der Waals surface area contributed by atoms with Crippen molar-refractivity contribution in [3.63, 3.8) is 0 Å². The molecule has 0 saturated carbocycles. The van der Waals surface area contributed by atoms with Gasteiger partial charge in [0.1, 0.15) is 11.8 Å². The Hall–Kier alpha value is -4.42. The fourth-order valence-electron chi connectivity index (χ4n) is 3.89. The van der Waals surface area contributed by atoms with Gasteiger partial charge >= 0.3 is 5.97 Å². The number of carboxylic acid groups (broad SMARTS) is 1. The van der Waals surface area contributed by atoms with E-state index in [0.29, 0.717) is 5.56 Å². The summed E-state index contributed by atoms with van der Waals surface area (Å²) in [6.07, 6.45) is 0.661. The van der Waals surface area contributed by atoms with Gasteiger partial charge in [-0.1, -0.05) is 30.3 Å². The Morgan fingerprint density at radius 2 is 1.66 bits per heavy atom. The van der Waals surface area contributed by atoms with Gasteiger partial charge in [-0.3, -0.25) is 14.4 Å². The SMILES string of the molecule is CC(O)C(NC(=O)CNC(=O)C(Cc1ccc(O)cc1)NC(=O)C(N)Cc1c[nH]c2ccccc12)C(=O)O. The Morgan fingerprint density at radius 1 is 0.974 bits per heavy atom. The van der Waals surface area contributed by atoms with Gasteiger partial charge in [0, 0.05) is 23.5 Å². The Labute approximate surface area is 218 Å². The number of carboxylic acids is 1. The van der Waals surface area contributed by atoms with Crippen LogP contribution >= 0.6 is 0 Å². The van der Waals surface area contributed by atoms with Crippen LogP contribution in [0.25, 0.3) is 10.9 Å². The number of carbonyl (C=O) groups is 4. The van der Waals surface area contributed by atoms with Gasteiger partial charge in [-0.25, -0.2) is 4.79 Å². The Kier molecular flexibility index (Phi) is 9.41. The van der Waals surface area contributed by atoms with E-state index in [1.807, 2.05) is 24.3 Å². The highest BCUT2D eigenvalue weighted by Crippen LogP contribution is 2.19. The summed E-state index contributed by atoms with van der Waals surface area (Å²) < 4.78 is 0. The second-order valence-electron chi connectivity index (χ2n) is 8.94. The van der Waals surface area contributed by atoms with Crippen molar-refractivity contribution < 1.29 is 34.5 Å². The highest BCUT2D eigenvalue weighted by molar-refractivity contribution is 5.93. The number of nitrogens with two attached hydrogens (primary N) is 1. The lowest BCUT2D eigenvalue weighted by molar-refractivity contribution is -0.144. The number of phenolic OH excluding ortho intramolecular Hbond substituents is 1. The molecule has 1 heterocycles. The van der Waals surface area contributed by atoms with Gasteiger partial charge in [0.2, 0.25) is 17.7 Å². The second kappa shape index (κ2) is 12.7. The van der Waals surface area contributed by atoms with E-state index in [2.05, 4.69) is 20.9 Å². The molecular weight excluding hydrogens is 494 g/mol. The normalized spacial score (nSPS) is 14.2. The van der Waals surface area contributed by atoms with Crippen LogP contribution in [0, 0.1) is 0 Å². The van der Waals surface area contributed by atoms with E-state index in [-0.39, 0.29) is 18.6 Å². The molecule has 0 spiro atoms. The number of aromatic hydroxyl groups is 1. The number of aliphatic hydroxyl groups is 1. The molecule has 38 heavy (non-hydrogen) atoms. The van der Waals surface area contributed by atoms with E-state index < -0.39 is 54.5 Å². The largest absolute Gasteiger partial charge is 0.508 e. The summed E-state index contributed by atoms with van der Waals surface area (Å²) >= 11 is 0. The summed E-state index contributed by atoms with van der Waals surface area (Å²) in [5, 5.41) is 36.2. The summed E-state index contributed by atoms with van der Waals surface area (Å²) in [5.74, 6) is -3.52. The number of nitrogens with one attached hydrogen (secondary N) is 4. The zero-order valence-corrected chi connectivity index (χ0v) is 20.7. The van der Waals surface area contributed by atoms with Crippen molar-refractivity contribution in [1.82, 2.24) is 20.9 Å². The van der Waals surface area contributed by atoms with Gasteiger partial charge < -0.3 is 42.0 Å². The minimum atomic E-state index is -1.55. The lowest BCUT2D eigenvalue weighted by atomic mass is 10.0. The number of hydrogen-bond donors (Lipinski definition) is 8. The second-order valence-corrected chi connectivity index (χ2v) is 8.94. The molecule has 1 aromatic heterocycles. The number of phenols is 1. The number of rotatable bonds is 12. The summed E-state index contributed by atoms with van der Waals surface area (Å²) in [4.78, 5) is 52.4. The van der Waals surface area contributed by atoms with Crippen molar-refractivity contribution in [2.45, 2.75) is 44.0 Å². The molecule has 3 aromatic rings. The molecule has 0 saturated heterocycles. The number of aromatic amines is 1. The van der Waals surface area contributed by atoms with E-state index in [0.717, 1.165) is 16.5 Å². The summed E-state index contributed by atoms with van der Waals surface area (Å²) in [5.41, 5.74) is 8.52. The number of amides is 3. The van der Waals surface area contributed by atoms with Crippen LogP contribution in [0.5, 0.6) is 5.75 Å². The maximum Gasteiger partial charge on any atom is 0.328 e. The number of aliphatic carboxylic acids is 1. The molecule has 2 aromatic carbocycles. The number of hydrogen-bond acceptors (Lipinski definition) is 7. The number of para-hydroxylation sites is 1. The van der Waals surface area contributed by atoms with Crippen LogP contribution in [0.2, 0.25) is 0 Å². The zero-order valence-electron chi connectivity index (χ0n) is 20.7. The molecule has 0 aliphatic heterocycles. The monoisotopic (exact) mass is 525 g/mol. The van der Waals surface area contributed by atoms with Gasteiger partial charge in [-0.15, -0.1) is 0 Å². The molecule has 0 fully saturated rings. The molecule has 4 unspecified atom stereocenters. The van der Waals surface area contributed by atoms with Gasteiger partial charge in [0.15, 0.2) is 6.04 Å². The molecule has 0 bridgehead atoms. The minimum Gasteiger partial charge on any atom is -0.508 e. The fraction of sp³-hybridized carbons (Fsp3) is 0.308. The van der Waals surface area contributed by atoms with Crippen molar-refractivity contribution in [1.29, 1.82) is 0 Å². The number of carbonyl (C=O) groups excluding carboxylic acids is 3. The Morgan fingerprint density at radius 3 is 2.32 bits per heavy atom. The third-order valence-corrected chi connectivity index (χ3v) is 5.95. The Bertz CT molecular complexity index is 1290. The van der Waals surface area contributed by atoms with Crippen LogP contribution in [0.4, 0.5) is 0 Å². The van der Waals surface area contributed by atoms with Crippen LogP contribution in [0.3, 0.4) is 0 Å².